The monoisotopic (exact) mass is 208 g/mol. The van der Waals surface area contributed by atoms with Crippen LogP contribution in [0.5, 0.6) is 0 Å². The van der Waals surface area contributed by atoms with E-state index < -0.39 is 5.91 Å². The Bertz CT molecular complexity index is 362. The van der Waals surface area contributed by atoms with Crippen LogP contribution in [0.1, 0.15) is 36.5 Å². The van der Waals surface area contributed by atoms with Gasteiger partial charge >= 0.3 is 0 Å². The molecule has 0 aliphatic rings. The van der Waals surface area contributed by atoms with Gasteiger partial charge in [-0.3, -0.25) is 4.79 Å². The molecule has 0 aromatic carbocycles. The number of nitrogens with two attached hydrogens (primary N) is 2. The van der Waals surface area contributed by atoms with Crippen LogP contribution < -0.4 is 11.5 Å². The summed E-state index contributed by atoms with van der Waals surface area (Å²) in [5, 5.41) is 0. The highest BCUT2D eigenvalue weighted by Gasteiger charge is 2.09. The number of hydrogen-bond donors (Lipinski definition) is 2. The predicted octanol–water partition coefficient (Wildman–Crippen LogP) is 0.746. The molecule has 15 heavy (non-hydrogen) atoms. The molecule has 0 aliphatic heterocycles. The summed E-state index contributed by atoms with van der Waals surface area (Å²) in [4.78, 5) is 18.9. The van der Waals surface area contributed by atoms with Crippen molar-refractivity contribution in [1.29, 1.82) is 0 Å². The topological polar surface area (TPSA) is 94.9 Å². The summed E-state index contributed by atoms with van der Waals surface area (Å²) in [6.07, 6.45) is 3.15. The number of carbonyl (C=O) groups excluding carboxylic acids is 1. The highest BCUT2D eigenvalue weighted by atomic mass is 16.1. The Morgan fingerprint density at radius 3 is 2.67 bits per heavy atom. The van der Waals surface area contributed by atoms with Gasteiger partial charge in [0.2, 0.25) is 0 Å². The van der Waals surface area contributed by atoms with Gasteiger partial charge in [0.05, 0.1) is 5.56 Å². The minimum absolute atomic E-state index is 0.163. The second-order valence-electron chi connectivity index (χ2n) is 3.88. The van der Waals surface area contributed by atoms with Gasteiger partial charge in [-0.05, 0) is 12.3 Å². The molecule has 0 radical (unpaired) electrons. The lowest BCUT2D eigenvalue weighted by Crippen LogP contribution is -2.16. The fourth-order valence-corrected chi connectivity index (χ4v) is 1.16. The molecule has 1 amide bonds. The second kappa shape index (κ2) is 4.72. The van der Waals surface area contributed by atoms with E-state index in [4.69, 9.17) is 11.5 Å². The van der Waals surface area contributed by atoms with Crippen LogP contribution in [0.2, 0.25) is 0 Å². The number of anilines is 1. The number of rotatable bonds is 4. The lowest BCUT2D eigenvalue weighted by atomic mass is 10.1. The average molecular weight is 208 g/mol. The minimum atomic E-state index is -0.595. The van der Waals surface area contributed by atoms with Gasteiger partial charge in [-0.2, -0.15) is 0 Å². The molecule has 0 spiro atoms. The summed E-state index contributed by atoms with van der Waals surface area (Å²) < 4.78 is 0. The highest BCUT2D eigenvalue weighted by Crippen LogP contribution is 2.09. The quantitative estimate of drug-likeness (QED) is 0.763. The second-order valence-corrected chi connectivity index (χ2v) is 3.88. The van der Waals surface area contributed by atoms with Crippen molar-refractivity contribution in [1.82, 2.24) is 9.97 Å². The van der Waals surface area contributed by atoms with Gasteiger partial charge in [0.15, 0.2) is 0 Å². The van der Waals surface area contributed by atoms with Crippen LogP contribution in [0.25, 0.3) is 0 Å². The Morgan fingerprint density at radius 2 is 2.20 bits per heavy atom. The van der Waals surface area contributed by atoms with Gasteiger partial charge in [0.25, 0.3) is 5.91 Å². The van der Waals surface area contributed by atoms with Crippen LogP contribution in [0.3, 0.4) is 0 Å². The Hall–Kier alpha value is -1.65. The lowest BCUT2D eigenvalue weighted by Gasteiger charge is -2.05. The zero-order chi connectivity index (χ0) is 11.4. The lowest BCUT2D eigenvalue weighted by molar-refractivity contribution is 0.100. The maximum Gasteiger partial charge on any atom is 0.254 e. The number of aryl methyl sites for hydroxylation is 1. The highest BCUT2D eigenvalue weighted by molar-refractivity contribution is 5.96. The first-order chi connectivity index (χ1) is 7.00. The molecule has 0 atom stereocenters. The fourth-order valence-electron chi connectivity index (χ4n) is 1.16. The van der Waals surface area contributed by atoms with Gasteiger partial charge in [-0.25, -0.2) is 9.97 Å². The van der Waals surface area contributed by atoms with E-state index in [1.807, 2.05) is 0 Å². The van der Waals surface area contributed by atoms with E-state index in [9.17, 15) is 4.79 Å². The maximum absolute atomic E-state index is 10.9. The summed E-state index contributed by atoms with van der Waals surface area (Å²) in [5.41, 5.74) is 10.8. The van der Waals surface area contributed by atoms with Crippen molar-refractivity contribution in [2.24, 2.45) is 11.7 Å². The molecule has 1 rings (SSSR count). The third-order valence-corrected chi connectivity index (χ3v) is 2.08. The van der Waals surface area contributed by atoms with E-state index in [1.54, 1.807) is 0 Å². The standard InChI is InChI=1S/C10H16N4O/c1-6(2)3-4-8-13-5-7(10(12)15)9(11)14-8/h5-6H,3-4H2,1-2H3,(H2,12,15)(H2,11,13,14). The van der Waals surface area contributed by atoms with Crippen molar-refractivity contribution in [3.63, 3.8) is 0 Å². The molecule has 0 aliphatic carbocycles. The number of hydrogen-bond acceptors (Lipinski definition) is 4. The summed E-state index contributed by atoms with van der Waals surface area (Å²) in [5.74, 6) is 0.816. The number of amides is 1. The summed E-state index contributed by atoms with van der Waals surface area (Å²) in [7, 11) is 0. The van der Waals surface area contributed by atoms with Crippen LogP contribution >= 0.6 is 0 Å². The smallest absolute Gasteiger partial charge is 0.254 e. The van der Waals surface area contributed by atoms with Gasteiger partial charge in [0.1, 0.15) is 11.6 Å². The average Bonchev–Trinajstić information content (AvgIpc) is 2.14. The zero-order valence-electron chi connectivity index (χ0n) is 9.03. The molecule has 0 fully saturated rings. The third kappa shape index (κ3) is 3.19. The molecule has 4 N–H and O–H groups in total. The van der Waals surface area contributed by atoms with E-state index >= 15 is 0 Å². The van der Waals surface area contributed by atoms with Crippen molar-refractivity contribution >= 4 is 11.7 Å². The molecular weight excluding hydrogens is 192 g/mol. The van der Waals surface area contributed by atoms with Crippen molar-refractivity contribution < 1.29 is 4.79 Å². The summed E-state index contributed by atoms with van der Waals surface area (Å²) in [6, 6.07) is 0. The SMILES string of the molecule is CC(C)CCc1ncc(C(N)=O)c(N)n1. The third-order valence-electron chi connectivity index (χ3n) is 2.08. The Kier molecular flexibility index (Phi) is 3.60. The van der Waals surface area contributed by atoms with Crippen LogP contribution in [-0.4, -0.2) is 15.9 Å². The van der Waals surface area contributed by atoms with Gasteiger partial charge in [-0.1, -0.05) is 13.8 Å². The molecule has 0 saturated carbocycles. The number of aromatic nitrogens is 2. The Balaban J connectivity index is 2.78. The largest absolute Gasteiger partial charge is 0.383 e. The van der Waals surface area contributed by atoms with Crippen LogP contribution in [0.15, 0.2) is 6.20 Å². The van der Waals surface area contributed by atoms with E-state index in [1.165, 1.54) is 6.20 Å². The van der Waals surface area contributed by atoms with E-state index in [0.717, 1.165) is 12.8 Å². The Labute approximate surface area is 88.9 Å². The number of nitrogen functional groups attached to an aromatic ring is 1. The number of nitrogens with zero attached hydrogens (tertiary/aromatic N) is 2. The van der Waals surface area contributed by atoms with Crippen LogP contribution in [0.4, 0.5) is 5.82 Å². The normalized spacial score (nSPS) is 10.6. The Morgan fingerprint density at radius 1 is 1.53 bits per heavy atom. The number of primary amides is 1. The first kappa shape index (κ1) is 11.4. The molecule has 0 unspecified atom stereocenters. The van der Waals surface area contributed by atoms with E-state index in [0.29, 0.717) is 11.7 Å². The van der Waals surface area contributed by atoms with Crippen LogP contribution in [0, 0.1) is 5.92 Å². The molecule has 82 valence electrons. The molecule has 0 saturated heterocycles. The van der Waals surface area contributed by atoms with Crippen molar-refractivity contribution in [3.05, 3.63) is 17.6 Å². The number of carbonyl (C=O) groups is 1. The first-order valence-electron chi connectivity index (χ1n) is 4.92. The van der Waals surface area contributed by atoms with Gasteiger partial charge in [0, 0.05) is 12.6 Å². The van der Waals surface area contributed by atoms with Gasteiger partial charge in [-0.15, -0.1) is 0 Å². The molecular formula is C10H16N4O. The molecule has 0 bridgehead atoms. The molecule has 5 nitrogen and oxygen atoms in total. The maximum atomic E-state index is 10.9. The van der Waals surface area contributed by atoms with Gasteiger partial charge < -0.3 is 11.5 Å². The fraction of sp³-hybridized carbons (Fsp3) is 0.500. The molecule has 1 aromatic heterocycles. The predicted molar refractivity (Wildman–Crippen MR) is 58.1 cm³/mol. The molecule has 1 heterocycles. The summed E-state index contributed by atoms with van der Waals surface area (Å²) in [6.45, 7) is 4.25. The van der Waals surface area contributed by atoms with E-state index in [2.05, 4.69) is 23.8 Å². The zero-order valence-corrected chi connectivity index (χ0v) is 9.03. The van der Waals surface area contributed by atoms with E-state index in [-0.39, 0.29) is 11.4 Å². The first-order valence-corrected chi connectivity index (χ1v) is 4.92. The van der Waals surface area contributed by atoms with Crippen molar-refractivity contribution in [3.8, 4) is 0 Å². The minimum Gasteiger partial charge on any atom is -0.383 e. The summed E-state index contributed by atoms with van der Waals surface area (Å²) >= 11 is 0. The molecule has 5 heteroatoms. The molecule has 1 aromatic rings. The van der Waals surface area contributed by atoms with Crippen molar-refractivity contribution in [2.75, 3.05) is 5.73 Å². The van der Waals surface area contributed by atoms with Crippen LogP contribution in [-0.2, 0) is 6.42 Å². The van der Waals surface area contributed by atoms with Crippen molar-refractivity contribution in [2.45, 2.75) is 26.7 Å².